The van der Waals surface area contributed by atoms with Gasteiger partial charge in [-0.3, -0.25) is 9.69 Å². The first-order valence-corrected chi connectivity index (χ1v) is 9.13. The number of nitriles is 1. The molecule has 0 N–H and O–H groups in total. The zero-order valence-corrected chi connectivity index (χ0v) is 13.9. The number of carbonyl (C=O) groups is 1. The Morgan fingerprint density at radius 3 is 2.12 bits per heavy atom. The van der Waals surface area contributed by atoms with Gasteiger partial charge < -0.3 is 0 Å². The van der Waals surface area contributed by atoms with Crippen LogP contribution in [-0.2, 0) is 0 Å². The Bertz CT molecular complexity index is 717. The van der Waals surface area contributed by atoms with Crippen molar-refractivity contribution in [2.24, 2.45) is 23.2 Å². The molecule has 0 aromatic heterocycles. The summed E-state index contributed by atoms with van der Waals surface area (Å²) in [5.74, 6) is 2.26. The second-order valence-corrected chi connectivity index (χ2v) is 8.48. The van der Waals surface area contributed by atoms with Crippen molar-refractivity contribution in [2.75, 3.05) is 0 Å². The lowest BCUT2D eigenvalue weighted by atomic mass is 9.47. The van der Waals surface area contributed by atoms with Gasteiger partial charge in [-0.05, 0) is 62.3 Å². The fraction of sp³-hybridized carbons (Fsp3) is 0.524. The Labute approximate surface area is 143 Å². The first-order valence-electron chi connectivity index (χ1n) is 9.13. The Kier molecular flexibility index (Phi) is 2.81. The molecule has 1 heterocycles. The Balaban J connectivity index is 1.55. The van der Waals surface area contributed by atoms with Crippen molar-refractivity contribution in [2.45, 2.75) is 44.6 Å². The molecule has 5 aliphatic rings. The zero-order valence-electron chi connectivity index (χ0n) is 13.9. The number of hydrogen-bond donors (Lipinski definition) is 0. The minimum Gasteiger partial charge on any atom is -0.291 e. The van der Waals surface area contributed by atoms with E-state index in [9.17, 15) is 10.1 Å². The third kappa shape index (κ3) is 1.75. The largest absolute Gasteiger partial charge is 0.291 e. The highest BCUT2D eigenvalue weighted by Crippen LogP contribution is 2.62. The maximum Gasteiger partial charge on any atom is 0.260 e. The van der Waals surface area contributed by atoms with Crippen LogP contribution >= 0.6 is 0 Å². The summed E-state index contributed by atoms with van der Waals surface area (Å²) < 4.78 is 0. The highest BCUT2D eigenvalue weighted by Gasteiger charge is 2.57. The summed E-state index contributed by atoms with van der Waals surface area (Å²) in [6, 6.07) is 9.81. The van der Waals surface area contributed by atoms with Gasteiger partial charge in [0.05, 0.1) is 6.07 Å². The third-order valence-corrected chi connectivity index (χ3v) is 7.02. The molecule has 6 rings (SSSR count). The predicted molar refractivity (Wildman–Crippen MR) is 91.7 cm³/mol. The van der Waals surface area contributed by atoms with Crippen LogP contribution in [0.4, 0.5) is 0 Å². The van der Waals surface area contributed by atoms with Crippen LogP contribution in [0.15, 0.2) is 30.8 Å². The van der Waals surface area contributed by atoms with E-state index < -0.39 is 0 Å². The summed E-state index contributed by atoms with van der Waals surface area (Å²) in [6.45, 7) is 4.18. The smallest absolute Gasteiger partial charge is 0.260 e. The molecule has 3 nitrogen and oxygen atoms in total. The van der Waals surface area contributed by atoms with Crippen molar-refractivity contribution in [1.29, 1.82) is 5.26 Å². The van der Waals surface area contributed by atoms with Crippen molar-refractivity contribution in [3.63, 3.8) is 0 Å². The zero-order chi connectivity index (χ0) is 16.5. The summed E-state index contributed by atoms with van der Waals surface area (Å²) in [7, 11) is 0. The molecule has 4 bridgehead atoms. The molecule has 0 unspecified atom stereocenters. The van der Waals surface area contributed by atoms with Gasteiger partial charge in [0.25, 0.3) is 5.91 Å². The molecule has 24 heavy (non-hydrogen) atoms. The summed E-state index contributed by atoms with van der Waals surface area (Å²) in [5.41, 5.74) is 2.31. The summed E-state index contributed by atoms with van der Waals surface area (Å²) in [4.78, 5) is 14.7. The van der Waals surface area contributed by atoms with Gasteiger partial charge in [0.15, 0.2) is 0 Å². The molecule has 4 fully saturated rings. The summed E-state index contributed by atoms with van der Waals surface area (Å²) >= 11 is 0. The standard InChI is InChI=1S/C21H22N2O/c1-13-17-4-2-3-5-18(17)20(24)23(13)19(12-22)21-9-14-6-15(10-21)8-16(7-14)11-21/h2-5,14-16,19H,1,6-11H2/t14?,15?,16?,19-,21?/m1/s1. The van der Waals surface area contributed by atoms with E-state index in [1.54, 1.807) is 4.90 Å². The molecular weight excluding hydrogens is 296 g/mol. The van der Waals surface area contributed by atoms with Crippen LogP contribution in [0.25, 0.3) is 5.70 Å². The van der Waals surface area contributed by atoms with E-state index in [1.807, 2.05) is 24.3 Å². The second-order valence-electron chi connectivity index (χ2n) is 8.48. The first kappa shape index (κ1) is 14.3. The van der Waals surface area contributed by atoms with E-state index in [2.05, 4.69) is 12.6 Å². The van der Waals surface area contributed by atoms with E-state index in [-0.39, 0.29) is 17.4 Å². The third-order valence-electron chi connectivity index (χ3n) is 7.02. The van der Waals surface area contributed by atoms with Crippen molar-refractivity contribution in [3.8, 4) is 6.07 Å². The van der Waals surface area contributed by atoms with Gasteiger partial charge >= 0.3 is 0 Å². The maximum absolute atomic E-state index is 13.0. The molecule has 0 radical (unpaired) electrons. The van der Waals surface area contributed by atoms with E-state index in [0.29, 0.717) is 5.56 Å². The number of benzene rings is 1. The van der Waals surface area contributed by atoms with E-state index in [1.165, 1.54) is 19.3 Å². The van der Waals surface area contributed by atoms with Gasteiger partial charge in [0.1, 0.15) is 6.04 Å². The van der Waals surface area contributed by atoms with Crippen LogP contribution in [-0.4, -0.2) is 16.8 Å². The fourth-order valence-electron chi connectivity index (χ4n) is 6.56. The van der Waals surface area contributed by atoms with Crippen LogP contribution in [0.3, 0.4) is 0 Å². The van der Waals surface area contributed by atoms with Gasteiger partial charge in [-0.25, -0.2) is 0 Å². The van der Waals surface area contributed by atoms with Crippen LogP contribution in [0.2, 0.25) is 0 Å². The quantitative estimate of drug-likeness (QED) is 0.819. The number of carbonyl (C=O) groups excluding carboxylic acids is 1. The molecule has 1 aromatic rings. The highest BCUT2D eigenvalue weighted by atomic mass is 16.2. The number of rotatable bonds is 2. The Morgan fingerprint density at radius 2 is 1.62 bits per heavy atom. The van der Waals surface area contributed by atoms with Gasteiger partial charge in [-0.2, -0.15) is 5.26 Å². The van der Waals surface area contributed by atoms with Crippen molar-refractivity contribution >= 4 is 11.6 Å². The average molecular weight is 318 g/mol. The lowest BCUT2D eigenvalue weighted by Crippen LogP contribution is -2.56. The molecule has 4 aliphatic carbocycles. The Hall–Kier alpha value is -2.08. The molecule has 3 heteroatoms. The van der Waals surface area contributed by atoms with Crippen LogP contribution in [0, 0.1) is 34.5 Å². The Morgan fingerprint density at radius 1 is 1.08 bits per heavy atom. The monoisotopic (exact) mass is 318 g/mol. The van der Waals surface area contributed by atoms with E-state index in [0.717, 1.165) is 48.3 Å². The normalized spacial score (nSPS) is 37.5. The van der Waals surface area contributed by atoms with Crippen LogP contribution < -0.4 is 0 Å². The number of hydrogen-bond acceptors (Lipinski definition) is 2. The minimum absolute atomic E-state index is 0.00978. The molecule has 1 aliphatic heterocycles. The topological polar surface area (TPSA) is 44.1 Å². The molecule has 0 saturated heterocycles. The van der Waals surface area contributed by atoms with Crippen LogP contribution in [0.1, 0.15) is 54.4 Å². The number of fused-ring (bicyclic) bond motifs is 1. The van der Waals surface area contributed by atoms with E-state index in [4.69, 9.17) is 0 Å². The minimum atomic E-state index is -0.363. The summed E-state index contributed by atoms with van der Waals surface area (Å²) in [6.07, 6.45) is 7.37. The lowest BCUT2D eigenvalue weighted by molar-refractivity contribution is -0.0745. The van der Waals surface area contributed by atoms with Gasteiger partial charge in [0, 0.05) is 22.2 Å². The molecule has 4 saturated carbocycles. The highest BCUT2D eigenvalue weighted by molar-refractivity contribution is 6.09. The molecule has 0 spiro atoms. The van der Waals surface area contributed by atoms with Gasteiger partial charge in [-0.15, -0.1) is 0 Å². The van der Waals surface area contributed by atoms with Crippen molar-refractivity contribution < 1.29 is 4.79 Å². The average Bonchev–Trinajstić information content (AvgIpc) is 2.80. The fourth-order valence-corrected chi connectivity index (χ4v) is 6.56. The molecular formula is C21H22N2O. The molecule has 1 aromatic carbocycles. The van der Waals surface area contributed by atoms with Crippen LogP contribution in [0.5, 0.6) is 0 Å². The number of nitrogens with zero attached hydrogens (tertiary/aromatic N) is 2. The predicted octanol–water partition coefficient (Wildman–Crippen LogP) is 4.22. The molecule has 122 valence electrons. The number of amides is 1. The van der Waals surface area contributed by atoms with E-state index >= 15 is 0 Å². The molecule has 1 amide bonds. The first-order chi connectivity index (χ1) is 11.6. The van der Waals surface area contributed by atoms with Gasteiger partial charge in [0.2, 0.25) is 0 Å². The van der Waals surface area contributed by atoms with Crippen molar-refractivity contribution in [1.82, 2.24) is 4.90 Å². The van der Waals surface area contributed by atoms with Crippen molar-refractivity contribution in [3.05, 3.63) is 42.0 Å². The van der Waals surface area contributed by atoms with Gasteiger partial charge in [-0.1, -0.05) is 24.8 Å². The summed E-state index contributed by atoms with van der Waals surface area (Å²) in [5, 5.41) is 10.1. The second kappa shape index (κ2) is 4.72. The lowest BCUT2D eigenvalue weighted by Gasteiger charge is -2.59. The molecule has 1 atom stereocenters. The SMILES string of the molecule is C=C1c2ccccc2C(=O)N1[C@H](C#N)C12CC3CC(CC(C3)C1)C2. The maximum atomic E-state index is 13.0.